The van der Waals surface area contributed by atoms with E-state index in [1.54, 1.807) is 4.90 Å². The van der Waals surface area contributed by atoms with Gasteiger partial charge in [-0.05, 0) is 22.8 Å². The molecule has 2 aromatic carbocycles. The number of anilines is 1. The fourth-order valence-electron chi connectivity index (χ4n) is 4.10. The number of nitrogens with zero attached hydrogens (tertiary/aromatic N) is 2. The molecule has 0 spiro atoms. The number of hydrogen-bond donors (Lipinski definition) is 1. The fourth-order valence-corrected chi connectivity index (χ4v) is 5.97. The van der Waals surface area contributed by atoms with E-state index in [0.717, 1.165) is 22.4 Å². The predicted molar refractivity (Wildman–Crippen MR) is 152 cm³/mol. The average molecular weight is 568 g/mol. The predicted octanol–water partition coefficient (Wildman–Crippen LogP) is 3.98. The van der Waals surface area contributed by atoms with Crippen LogP contribution >= 0.6 is 21.6 Å². The minimum absolute atomic E-state index is 0.0586. The maximum atomic E-state index is 13.2. The first kappa shape index (κ1) is 28.4. The lowest BCUT2D eigenvalue weighted by Crippen LogP contribution is -2.33. The van der Waals surface area contributed by atoms with Crippen molar-refractivity contribution in [3.63, 3.8) is 0 Å². The zero-order valence-electron chi connectivity index (χ0n) is 21.3. The number of imide groups is 1. The topological polar surface area (TPSA) is 113 Å². The van der Waals surface area contributed by atoms with Crippen LogP contribution in [0.15, 0.2) is 48.5 Å². The largest absolute Gasteiger partial charge is 0.355 e. The van der Waals surface area contributed by atoms with Crippen LogP contribution in [-0.2, 0) is 35.4 Å². The van der Waals surface area contributed by atoms with Crippen molar-refractivity contribution in [2.75, 3.05) is 23.0 Å². The number of carbonyl (C=O) groups is 5. The summed E-state index contributed by atoms with van der Waals surface area (Å²) in [6.45, 7) is 0.862. The zero-order valence-corrected chi connectivity index (χ0v) is 22.9. The van der Waals surface area contributed by atoms with Gasteiger partial charge in [-0.2, -0.15) is 0 Å². The number of benzene rings is 2. The summed E-state index contributed by atoms with van der Waals surface area (Å²) in [5, 5.41) is 3.37. The molecule has 0 aromatic heterocycles. The van der Waals surface area contributed by atoms with Gasteiger partial charge in [-0.15, -0.1) is 5.06 Å². The van der Waals surface area contributed by atoms with Crippen LogP contribution in [0, 0.1) is 0 Å². The Balaban J connectivity index is 1.15. The normalized spacial score (nSPS) is 15.2. The van der Waals surface area contributed by atoms with Crippen molar-refractivity contribution in [3.05, 3.63) is 65.2 Å². The van der Waals surface area contributed by atoms with Gasteiger partial charge in [0.05, 0.1) is 18.7 Å². The van der Waals surface area contributed by atoms with Gasteiger partial charge in [-0.3, -0.25) is 19.2 Å². The lowest BCUT2D eigenvalue weighted by molar-refractivity contribution is -0.197. The van der Waals surface area contributed by atoms with E-state index in [9.17, 15) is 24.0 Å². The van der Waals surface area contributed by atoms with E-state index in [-0.39, 0.29) is 43.9 Å². The second-order valence-corrected chi connectivity index (χ2v) is 11.6. The molecule has 11 heteroatoms. The molecule has 0 atom stereocenters. The molecule has 4 rings (SSSR count). The number of para-hydroxylation sites is 1. The van der Waals surface area contributed by atoms with Crippen molar-refractivity contribution in [1.82, 2.24) is 10.4 Å². The third-order valence-electron chi connectivity index (χ3n) is 6.10. The van der Waals surface area contributed by atoms with E-state index >= 15 is 0 Å². The summed E-state index contributed by atoms with van der Waals surface area (Å²) in [5.41, 5.74) is 3.88. The molecule has 1 fully saturated rings. The second kappa shape index (κ2) is 14.0. The van der Waals surface area contributed by atoms with Crippen molar-refractivity contribution >= 4 is 69.0 Å². The standard InChI is InChI=1S/C28H29N3O6S2/c32-24(29-16-18-39-38-17-15-28(36)37-31-26(34)13-14-27(31)35)11-12-25(33)30-19-22-7-2-1-5-20(22)9-10-21-6-3-4-8-23(21)30/h1-10H,11-19H2,(H,29,32)/b10-9-. The molecule has 4 amide bonds. The van der Waals surface area contributed by atoms with Gasteiger partial charge in [-0.1, -0.05) is 76.2 Å². The van der Waals surface area contributed by atoms with Crippen LogP contribution in [0.2, 0.25) is 0 Å². The Bertz CT molecular complexity index is 1270. The van der Waals surface area contributed by atoms with Gasteiger partial charge < -0.3 is 15.1 Å². The Hall–Kier alpha value is -3.57. The average Bonchev–Trinajstić information content (AvgIpc) is 3.24. The minimum atomic E-state index is -0.633. The monoisotopic (exact) mass is 567 g/mol. The second-order valence-electron chi connectivity index (χ2n) is 8.86. The Labute approximate surface area is 234 Å². The number of nitrogens with one attached hydrogen (secondary N) is 1. The molecule has 0 saturated carbocycles. The highest BCUT2D eigenvalue weighted by molar-refractivity contribution is 8.76. The van der Waals surface area contributed by atoms with Crippen LogP contribution in [0.5, 0.6) is 0 Å². The van der Waals surface area contributed by atoms with Gasteiger partial charge in [0.1, 0.15) is 0 Å². The third kappa shape index (κ3) is 7.96. The highest BCUT2D eigenvalue weighted by atomic mass is 33.1. The SMILES string of the molecule is O=C(CCC(=O)N1Cc2ccccc2/C=C\c2ccccc21)NCCSSCCC(=O)ON1C(=O)CCC1=O. The maximum Gasteiger partial charge on any atom is 0.334 e. The van der Waals surface area contributed by atoms with E-state index in [2.05, 4.69) is 11.4 Å². The Kier molecular flexibility index (Phi) is 10.2. The van der Waals surface area contributed by atoms with Gasteiger partial charge in [0, 0.05) is 43.7 Å². The number of fused-ring (bicyclic) bond motifs is 2. The number of rotatable bonds is 11. The van der Waals surface area contributed by atoms with Crippen LogP contribution < -0.4 is 10.2 Å². The molecule has 0 bridgehead atoms. The van der Waals surface area contributed by atoms with Gasteiger partial charge in [0.15, 0.2) is 0 Å². The molecule has 2 aliphatic rings. The summed E-state index contributed by atoms with van der Waals surface area (Å²) >= 11 is 0. The van der Waals surface area contributed by atoms with Gasteiger partial charge in [0.2, 0.25) is 11.8 Å². The number of carbonyl (C=O) groups excluding carboxylic acids is 5. The molecule has 204 valence electrons. The number of hydroxylamine groups is 2. The third-order valence-corrected chi connectivity index (χ3v) is 8.51. The summed E-state index contributed by atoms with van der Waals surface area (Å²) in [6.07, 6.45) is 4.44. The molecule has 2 aromatic rings. The van der Waals surface area contributed by atoms with Crippen LogP contribution in [0.1, 0.15) is 48.8 Å². The van der Waals surface area contributed by atoms with Gasteiger partial charge >= 0.3 is 5.97 Å². The highest BCUT2D eigenvalue weighted by Gasteiger charge is 2.32. The van der Waals surface area contributed by atoms with Gasteiger partial charge in [-0.25, -0.2) is 4.79 Å². The molecule has 0 aliphatic carbocycles. The van der Waals surface area contributed by atoms with Gasteiger partial charge in [0.25, 0.3) is 11.8 Å². The van der Waals surface area contributed by atoms with Crippen molar-refractivity contribution < 1.29 is 28.8 Å². The first-order chi connectivity index (χ1) is 18.9. The molecule has 1 saturated heterocycles. The molecule has 2 heterocycles. The van der Waals surface area contributed by atoms with Crippen LogP contribution in [0.4, 0.5) is 5.69 Å². The molecular formula is C28H29N3O6S2. The minimum Gasteiger partial charge on any atom is -0.355 e. The smallest absolute Gasteiger partial charge is 0.334 e. The summed E-state index contributed by atoms with van der Waals surface area (Å²) < 4.78 is 0. The Morgan fingerprint density at radius 1 is 0.821 bits per heavy atom. The van der Waals surface area contributed by atoms with Crippen LogP contribution in [-0.4, -0.2) is 52.7 Å². The van der Waals surface area contributed by atoms with Crippen LogP contribution in [0.3, 0.4) is 0 Å². The fraction of sp³-hybridized carbons (Fsp3) is 0.321. The van der Waals surface area contributed by atoms with Crippen molar-refractivity contribution in [2.24, 2.45) is 0 Å². The quantitative estimate of drug-likeness (QED) is 0.247. The van der Waals surface area contributed by atoms with Crippen molar-refractivity contribution in [3.8, 4) is 0 Å². The highest BCUT2D eigenvalue weighted by Crippen LogP contribution is 2.29. The molecule has 9 nitrogen and oxygen atoms in total. The molecule has 39 heavy (non-hydrogen) atoms. The van der Waals surface area contributed by atoms with E-state index in [0.29, 0.717) is 29.7 Å². The summed E-state index contributed by atoms with van der Waals surface area (Å²) in [5.74, 6) is -0.881. The first-order valence-electron chi connectivity index (χ1n) is 12.7. The lowest BCUT2D eigenvalue weighted by Gasteiger charge is -2.27. The van der Waals surface area contributed by atoms with E-state index < -0.39 is 17.8 Å². The maximum absolute atomic E-state index is 13.2. The molecule has 2 aliphatic heterocycles. The lowest BCUT2D eigenvalue weighted by atomic mass is 10.0. The summed E-state index contributed by atoms with van der Waals surface area (Å²) in [6, 6.07) is 15.7. The molecule has 0 radical (unpaired) electrons. The van der Waals surface area contributed by atoms with E-state index in [4.69, 9.17) is 4.84 Å². The number of amides is 4. The summed E-state index contributed by atoms with van der Waals surface area (Å²) in [7, 11) is 2.91. The first-order valence-corrected chi connectivity index (χ1v) is 15.1. The Morgan fingerprint density at radius 3 is 2.28 bits per heavy atom. The molecule has 0 unspecified atom stereocenters. The Morgan fingerprint density at radius 2 is 1.49 bits per heavy atom. The van der Waals surface area contributed by atoms with Crippen LogP contribution in [0.25, 0.3) is 12.2 Å². The molecule has 1 N–H and O–H groups in total. The van der Waals surface area contributed by atoms with E-state index in [1.807, 2.05) is 54.6 Å². The van der Waals surface area contributed by atoms with Crippen molar-refractivity contribution in [1.29, 1.82) is 0 Å². The number of hydrogen-bond acceptors (Lipinski definition) is 8. The van der Waals surface area contributed by atoms with Crippen molar-refractivity contribution in [2.45, 2.75) is 38.6 Å². The zero-order chi connectivity index (χ0) is 27.6. The van der Waals surface area contributed by atoms with E-state index in [1.165, 1.54) is 21.6 Å². The molecular weight excluding hydrogens is 538 g/mol. The summed E-state index contributed by atoms with van der Waals surface area (Å²) in [4.78, 5) is 66.9.